The Labute approximate surface area is 159 Å². The van der Waals surface area contributed by atoms with Crippen LogP contribution < -0.4 is 4.57 Å². The first-order chi connectivity index (χ1) is 12.7. The Hall–Kier alpha value is -2.15. The number of fused-ring (bicyclic) bond motifs is 2. The van der Waals surface area contributed by atoms with Gasteiger partial charge in [-0.3, -0.25) is 0 Å². The summed E-state index contributed by atoms with van der Waals surface area (Å²) in [5.41, 5.74) is 9.49. The van der Waals surface area contributed by atoms with Crippen molar-refractivity contribution in [2.45, 2.75) is 59.3 Å². The van der Waals surface area contributed by atoms with Gasteiger partial charge in [0.05, 0.1) is 10.9 Å². The van der Waals surface area contributed by atoms with Gasteiger partial charge in [-0.2, -0.15) is 0 Å². The highest BCUT2D eigenvalue weighted by molar-refractivity contribution is 5.95. The Morgan fingerprint density at radius 2 is 1.69 bits per heavy atom. The molecule has 0 bridgehead atoms. The van der Waals surface area contributed by atoms with E-state index in [2.05, 4.69) is 63.5 Å². The molecule has 134 valence electrons. The molecule has 1 aliphatic carbocycles. The van der Waals surface area contributed by atoms with E-state index in [9.17, 15) is 0 Å². The average Bonchev–Trinajstić information content (AvgIpc) is 3.03. The summed E-state index contributed by atoms with van der Waals surface area (Å²) in [5, 5.41) is 2.48. The van der Waals surface area contributed by atoms with E-state index < -0.39 is 0 Å². The van der Waals surface area contributed by atoms with Crippen LogP contribution in [0.4, 0.5) is 0 Å². The monoisotopic (exact) mass is 345 g/mol. The normalized spacial score (nSPS) is 14.6. The first-order valence-corrected chi connectivity index (χ1v) is 9.74. The van der Waals surface area contributed by atoms with Gasteiger partial charge in [-0.05, 0) is 83.9 Å². The van der Waals surface area contributed by atoms with E-state index in [-0.39, 0.29) is 5.41 Å². The molecule has 0 spiro atoms. The fraction of sp³-hybridized carbons (Fsp3) is 0.400. The topological polar surface area (TPSA) is 3.88 Å². The van der Waals surface area contributed by atoms with Crippen LogP contribution >= 0.6 is 0 Å². The van der Waals surface area contributed by atoms with Crippen LogP contribution in [0.3, 0.4) is 0 Å². The summed E-state index contributed by atoms with van der Waals surface area (Å²) in [6.07, 6.45) is 4.16. The van der Waals surface area contributed by atoms with Gasteiger partial charge < -0.3 is 0 Å². The van der Waals surface area contributed by atoms with Crippen molar-refractivity contribution in [2.24, 2.45) is 7.05 Å². The Balaban J connectivity index is 2.10. The SMILES string of the molecule is [2H]c1cc2cc3c(cc2c(-c2cc(C(C)(C)C)cc(C)c2C)[n+]1C)CCC3. The molecule has 1 heterocycles. The zero-order chi connectivity index (χ0) is 19.5. The van der Waals surface area contributed by atoms with E-state index in [1.165, 1.54) is 69.1 Å². The third-order valence-corrected chi connectivity index (χ3v) is 6.06. The summed E-state index contributed by atoms with van der Waals surface area (Å²) in [5.74, 6) is 0. The van der Waals surface area contributed by atoms with Crippen molar-refractivity contribution in [1.29, 1.82) is 0 Å². The number of nitrogens with zero attached hydrogens (tertiary/aromatic N) is 1. The fourth-order valence-corrected chi connectivity index (χ4v) is 4.24. The number of pyridine rings is 1. The summed E-state index contributed by atoms with van der Waals surface area (Å²) < 4.78 is 10.6. The third-order valence-electron chi connectivity index (χ3n) is 6.06. The minimum atomic E-state index is 0.0986. The van der Waals surface area contributed by atoms with Crippen LogP contribution in [0.25, 0.3) is 22.0 Å². The van der Waals surface area contributed by atoms with Crippen molar-refractivity contribution < 1.29 is 5.94 Å². The standard InChI is InChI=1S/C25H30N/c1-16-12-21(25(3,4)5)15-22(17(16)2)24-23-14-19-9-7-8-18(19)13-20(23)10-11-26(24)6/h10-15H,7-9H2,1-6H3/q+1/i11D. The van der Waals surface area contributed by atoms with Crippen LogP contribution in [0.2, 0.25) is 0 Å². The maximum Gasteiger partial charge on any atom is 0.220 e. The molecule has 0 atom stereocenters. The van der Waals surface area contributed by atoms with Gasteiger partial charge in [0.15, 0.2) is 6.17 Å². The molecular weight excluding hydrogens is 314 g/mol. The van der Waals surface area contributed by atoms with Gasteiger partial charge in [0.2, 0.25) is 5.69 Å². The lowest BCUT2D eigenvalue weighted by molar-refractivity contribution is -0.659. The molecule has 1 aromatic heterocycles. The number of benzene rings is 2. The third kappa shape index (κ3) is 2.74. The molecule has 1 aliphatic rings. The summed E-state index contributed by atoms with van der Waals surface area (Å²) in [6, 6.07) is 11.4. The summed E-state index contributed by atoms with van der Waals surface area (Å²) >= 11 is 0. The Morgan fingerprint density at radius 3 is 2.38 bits per heavy atom. The van der Waals surface area contributed by atoms with Crippen molar-refractivity contribution in [3.63, 3.8) is 0 Å². The molecule has 26 heavy (non-hydrogen) atoms. The maximum atomic E-state index is 8.55. The smallest absolute Gasteiger partial charge is 0.200 e. The van der Waals surface area contributed by atoms with Crippen LogP contribution in [0.1, 0.15) is 56.4 Å². The minimum Gasteiger partial charge on any atom is -0.200 e. The maximum absolute atomic E-state index is 8.55. The summed E-state index contributed by atoms with van der Waals surface area (Å²) in [4.78, 5) is 0. The van der Waals surface area contributed by atoms with Crippen LogP contribution in [0.15, 0.2) is 36.5 Å². The lowest BCUT2D eigenvalue weighted by Gasteiger charge is -2.22. The minimum absolute atomic E-state index is 0.0986. The van der Waals surface area contributed by atoms with Crippen molar-refractivity contribution in [3.8, 4) is 11.3 Å². The van der Waals surface area contributed by atoms with E-state index in [1.54, 1.807) is 0 Å². The van der Waals surface area contributed by atoms with Crippen molar-refractivity contribution in [3.05, 3.63) is 64.3 Å². The molecule has 3 aromatic rings. The predicted molar refractivity (Wildman–Crippen MR) is 111 cm³/mol. The van der Waals surface area contributed by atoms with Gasteiger partial charge in [0.1, 0.15) is 8.42 Å². The number of rotatable bonds is 1. The molecular formula is C25H30N+. The van der Waals surface area contributed by atoms with Gasteiger partial charge in [-0.1, -0.05) is 32.9 Å². The predicted octanol–water partition coefficient (Wildman–Crippen LogP) is 5.73. The number of hydrogen-bond acceptors (Lipinski definition) is 0. The van der Waals surface area contributed by atoms with Crippen LogP contribution in [0.5, 0.6) is 0 Å². The highest BCUT2D eigenvalue weighted by Crippen LogP contribution is 2.36. The number of hydrogen-bond donors (Lipinski definition) is 0. The first-order valence-electron chi connectivity index (χ1n) is 10.2. The Morgan fingerprint density at radius 1 is 1.00 bits per heavy atom. The summed E-state index contributed by atoms with van der Waals surface area (Å²) in [7, 11) is 2.03. The quantitative estimate of drug-likeness (QED) is 0.496. The molecule has 1 nitrogen and oxygen atoms in total. The highest BCUT2D eigenvalue weighted by atomic mass is 14.9. The number of aromatic nitrogens is 1. The lowest BCUT2D eigenvalue weighted by Crippen LogP contribution is -2.31. The van der Waals surface area contributed by atoms with Crippen LogP contribution in [-0.4, -0.2) is 0 Å². The molecule has 1 heteroatoms. The Bertz CT molecular complexity index is 1070. The average molecular weight is 346 g/mol. The zero-order valence-corrected chi connectivity index (χ0v) is 17.0. The second-order valence-electron chi connectivity index (χ2n) is 8.96. The second-order valence-corrected chi connectivity index (χ2v) is 8.96. The van der Waals surface area contributed by atoms with Gasteiger partial charge >= 0.3 is 0 Å². The molecule has 0 saturated carbocycles. The molecule has 0 saturated heterocycles. The van der Waals surface area contributed by atoms with Crippen molar-refractivity contribution in [1.82, 2.24) is 0 Å². The number of aryl methyl sites for hydroxylation is 3. The van der Waals surface area contributed by atoms with E-state index in [4.69, 9.17) is 1.37 Å². The molecule has 2 aromatic carbocycles. The summed E-state index contributed by atoms with van der Waals surface area (Å²) in [6.45, 7) is 11.2. The van der Waals surface area contributed by atoms with Crippen LogP contribution in [0, 0.1) is 13.8 Å². The first kappa shape index (κ1) is 16.1. The largest absolute Gasteiger partial charge is 0.220 e. The van der Waals surface area contributed by atoms with Crippen molar-refractivity contribution in [2.75, 3.05) is 0 Å². The van der Waals surface area contributed by atoms with E-state index >= 15 is 0 Å². The van der Waals surface area contributed by atoms with E-state index in [0.29, 0.717) is 6.17 Å². The van der Waals surface area contributed by atoms with Crippen LogP contribution in [-0.2, 0) is 25.3 Å². The Kier molecular flexibility index (Phi) is 3.67. The molecule has 0 unspecified atom stereocenters. The zero-order valence-electron chi connectivity index (χ0n) is 18.0. The molecule has 0 aliphatic heterocycles. The molecule has 0 fully saturated rings. The molecule has 0 amide bonds. The van der Waals surface area contributed by atoms with Crippen molar-refractivity contribution >= 4 is 10.8 Å². The second kappa shape index (κ2) is 5.94. The molecule has 0 radical (unpaired) electrons. The highest BCUT2D eigenvalue weighted by Gasteiger charge is 2.23. The molecule has 0 N–H and O–H groups in total. The van der Waals surface area contributed by atoms with Gasteiger partial charge in [0, 0.05) is 6.07 Å². The van der Waals surface area contributed by atoms with E-state index in [1.807, 2.05) is 13.1 Å². The van der Waals surface area contributed by atoms with E-state index in [0.717, 1.165) is 0 Å². The lowest BCUT2D eigenvalue weighted by atomic mass is 9.82. The molecule has 4 rings (SSSR count). The fourth-order valence-electron chi connectivity index (χ4n) is 4.24. The van der Waals surface area contributed by atoms with Gasteiger partial charge in [-0.15, -0.1) is 0 Å². The van der Waals surface area contributed by atoms with Gasteiger partial charge in [0.25, 0.3) is 0 Å². The van der Waals surface area contributed by atoms with Gasteiger partial charge in [-0.25, -0.2) is 4.57 Å².